The first-order valence-corrected chi connectivity index (χ1v) is 8.09. The van der Waals surface area contributed by atoms with Crippen molar-refractivity contribution in [1.82, 2.24) is 0 Å². The van der Waals surface area contributed by atoms with Crippen molar-refractivity contribution < 1.29 is 0 Å². The van der Waals surface area contributed by atoms with Crippen LogP contribution >= 0.6 is 31.9 Å². The standard InChI is InChI=1S/C17H18Br2/c1-10-7-12(3)16(13(4)8-10)17(19)15-9-14(18)6-5-11(15)2/h5-9,17H,1-4H3. The summed E-state index contributed by atoms with van der Waals surface area (Å²) in [7, 11) is 0. The molecule has 0 N–H and O–H groups in total. The second-order valence-corrected chi connectivity index (χ2v) is 7.01. The number of rotatable bonds is 2. The first kappa shape index (κ1) is 14.8. The molecule has 0 radical (unpaired) electrons. The summed E-state index contributed by atoms with van der Waals surface area (Å²) in [6.07, 6.45) is 0. The van der Waals surface area contributed by atoms with Gasteiger partial charge in [-0.05, 0) is 67.6 Å². The van der Waals surface area contributed by atoms with E-state index in [1.165, 1.54) is 33.4 Å². The van der Waals surface area contributed by atoms with Crippen molar-refractivity contribution in [2.45, 2.75) is 32.5 Å². The van der Waals surface area contributed by atoms with Gasteiger partial charge in [0.15, 0.2) is 0 Å². The van der Waals surface area contributed by atoms with Crippen LogP contribution in [0.2, 0.25) is 0 Å². The van der Waals surface area contributed by atoms with Crippen LogP contribution < -0.4 is 0 Å². The Bertz CT molecular complexity index is 592. The highest BCUT2D eigenvalue weighted by atomic mass is 79.9. The van der Waals surface area contributed by atoms with Gasteiger partial charge >= 0.3 is 0 Å². The van der Waals surface area contributed by atoms with Crippen LogP contribution in [0.5, 0.6) is 0 Å². The summed E-state index contributed by atoms with van der Waals surface area (Å²) in [4.78, 5) is 0.241. The molecule has 0 aliphatic heterocycles. The SMILES string of the molecule is Cc1cc(C)c(C(Br)c2cc(Br)ccc2C)c(C)c1. The van der Waals surface area contributed by atoms with E-state index in [0.717, 1.165) is 4.47 Å². The van der Waals surface area contributed by atoms with Gasteiger partial charge in [0.2, 0.25) is 0 Å². The minimum absolute atomic E-state index is 0.241. The smallest absolute Gasteiger partial charge is 0.0652 e. The second-order valence-electron chi connectivity index (χ2n) is 5.18. The summed E-state index contributed by atoms with van der Waals surface area (Å²) >= 11 is 7.45. The van der Waals surface area contributed by atoms with Crippen molar-refractivity contribution in [1.29, 1.82) is 0 Å². The quantitative estimate of drug-likeness (QED) is 0.546. The molecule has 0 bridgehead atoms. The van der Waals surface area contributed by atoms with Gasteiger partial charge in [-0.2, -0.15) is 0 Å². The zero-order valence-corrected chi connectivity index (χ0v) is 14.9. The topological polar surface area (TPSA) is 0 Å². The molecule has 2 aromatic carbocycles. The van der Waals surface area contributed by atoms with E-state index in [4.69, 9.17) is 0 Å². The fourth-order valence-electron chi connectivity index (χ4n) is 2.63. The molecular formula is C17H18Br2. The van der Waals surface area contributed by atoms with Crippen LogP contribution in [0.15, 0.2) is 34.8 Å². The van der Waals surface area contributed by atoms with Gasteiger partial charge in [0.25, 0.3) is 0 Å². The molecular weight excluding hydrogens is 364 g/mol. The molecule has 0 amide bonds. The molecule has 1 unspecified atom stereocenters. The Hall–Kier alpha value is -0.600. The molecule has 0 saturated carbocycles. The van der Waals surface area contributed by atoms with E-state index in [9.17, 15) is 0 Å². The van der Waals surface area contributed by atoms with Gasteiger partial charge in [-0.3, -0.25) is 0 Å². The largest absolute Gasteiger partial charge is 0.0786 e. The molecule has 19 heavy (non-hydrogen) atoms. The van der Waals surface area contributed by atoms with Gasteiger partial charge in [0, 0.05) is 4.47 Å². The molecule has 0 nitrogen and oxygen atoms in total. The van der Waals surface area contributed by atoms with Gasteiger partial charge in [-0.25, -0.2) is 0 Å². The van der Waals surface area contributed by atoms with Crippen LogP contribution in [-0.4, -0.2) is 0 Å². The van der Waals surface area contributed by atoms with Gasteiger partial charge in [0.1, 0.15) is 0 Å². The highest BCUT2D eigenvalue weighted by molar-refractivity contribution is 9.10. The van der Waals surface area contributed by atoms with E-state index < -0.39 is 0 Å². The second kappa shape index (κ2) is 5.80. The lowest BCUT2D eigenvalue weighted by molar-refractivity contribution is 1.08. The number of hydrogen-bond donors (Lipinski definition) is 0. The lowest BCUT2D eigenvalue weighted by atomic mass is 9.92. The van der Waals surface area contributed by atoms with Gasteiger partial charge < -0.3 is 0 Å². The Labute approximate surface area is 132 Å². The van der Waals surface area contributed by atoms with E-state index >= 15 is 0 Å². The van der Waals surface area contributed by atoms with E-state index in [0.29, 0.717) is 0 Å². The monoisotopic (exact) mass is 380 g/mol. The summed E-state index contributed by atoms with van der Waals surface area (Å²) in [5, 5.41) is 0. The Morgan fingerprint density at radius 1 is 0.842 bits per heavy atom. The van der Waals surface area contributed by atoms with E-state index in [1.807, 2.05) is 0 Å². The molecule has 1 atom stereocenters. The average molecular weight is 382 g/mol. The van der Waals surface area contributed by atoms with Crippen molar-refractivity contribution in [3.8, 4) is 0 Å². The first-order chi connectivity index (χ1) is 8.90. The Morgan fingerprint density at radius 2 is 1.42 bits per heavy atom. The summed E-state index contributed by atoms with van der Waals surface area (Å²) in [5.41, 5.74) is 8.03. The minimum atomic E-state index is 0.241. The zero-order chi connectivity index (χ0) is 14.2. The molecule has 2 heteroatoms. The summed E-state index contributed by atoms with van der Waals surface area (Å²) < 4.78 is 1.12. The zero-order valence-electron chi connectivity index (χ0n) is 11.7. The molecule has 0 fully saturated rings. The normalized spacial score (nSPS) is 12.5. The number of aryl methyl sites for hydroxylation is 4. The molecule has 2 rings (SSSR count). The predicted molar refractivity (Wildman–Crippen MR) is 90.3 cm³/mol. The molecule has 0 aromatic heterocycles. The third-order valence-corrected chi connectivity index (χ3v) is 4.95. The summed E-state index contributed by atoms with van der Waals surface area (Å²) in [6, 6.07) is 11.0. The van der Waals surface area contributed by atoms with E-state index in [2.05, 4.69) is 89.9 Å². The maximum atomic E-state index is 3.88. The highest BCUT2D eigenvalue weighted by Gasteiger charge is 2.17. The van der Waals surface area contributed by atoms with Crippen molar-refractivity contribution >= 4 is 31.9 Å². The minimum Gasteiger partial charge on any atom is -0.0786 e. The molecule has 0 aliphatic rings. The van der Waals surface area contributed by atoms with Crippen LogP contribution in [0.3, 0.4) is 0 Å². The lowest BCUT2D eigenvalue weighted by Crippen LogP contribution is -2.02. The molecule has 100 valence electrons. The van der Waals surface area contributed by atoms with E-state index in [-0.39, 0.29) is 4.83 Å². The average Bonchev–Trinajstić information content (AvgIpc) is 2.30. The van der Waals surface area contributed by atoms with Crippen LogP contribution in [0.25, 0.3) is 0 Å². The number of benzene rings is 2. The van der Waals surface area contributed by atoms with Gasteiger partial charge in [-0.1, -0.05) is 55.6 Å². The Balaban J connectivity index is 2.56. The number of alkyl halides is 1. The molecule has 0 spiro atoms. The van der Waals surface area contributed by atoms with Crippen molar-refractivity contribution in [3.05, 3.63) is 68.2 Å². The third-order valence-electron chi connectivity index (χ3n) is 3.51. The molecule has 0 aliphatic carbocycles. The van der Waals surface area contributed by atoms with E-state index in [1.54, 1.807) is 0 Å². The van der Waals surface area contributed by atoms with Gasteiger partial charge in [0.05, 0.1) is 4.83 Å². The predicted octanol–water partition coefficient (Wildman–Crippen LogP) is 6.17. The Kier molecular flexibility index (Phi) is 4.52. The summed E-state index contributed by atoms with van der Waals surface area (Å²) in [6.45, 7) is 8.69. The highest BCUT2D eigenvalue weighted by Crippen LogP contribution is 2.38. The van der Waals surface area contributed by atoms with Crippen LogP contribution in [-0.2, 0) is 0 Å². The van der Waals surface area contributed by atoms with Crippen molar-refractivity contribution in [2.24, 2.45) is 0 Å². The maximum Gasteiger partial charge on any atom is 0.0652 e. The number of hydrogen-bond acceptors (Lipinski definition) is 0. The van der Waals surface area contributed by atoms with Crippen molar-refractivity contribution in [3.63, 3.8) is 0 Å². The van der Waals surface area contributed by atoms with Gasteiger partial charge in [-0.15, -0.1) is 0 Å². The van der Waals surface area contributed by atoms with Crippen LogP contribution in [0, 0.1) is 27.7 Å². The fraction of sp³-hybridized carbons (Fsp3) is 0.294. The molecule has 0 saturated heterocycles. The van der Waals surface area contributed by atoms with Crippen LogP contribution in [0.4, 0.5) is 0 Å². The molecule has 2 aromatic rings. The number of halogens is 2. The van der Waals surface area contributed by atoms with Crippen LogP contribution in [0.1, 0.15) is 38.2 Å². The third kappa shape index (κ3) is 3.11. The molecule has 0 heterocycles. The fourth-order valence-corrected chi connectivity index (χ4v) is 4.23. The lowest BCUT2D eigenvalue weighted by Gasteiger charge is -2.19. The van der Waals surface area contributed by atoms with Crippen molar-refractivity contribution in [2.75, 3.05) is 0 Å². The summed E-state index contributed by atoms with van der Waals surface area (Å²) in [5.74, 6) is 0. The Morgan fingerprint density at radius 3 is 2.00 bits per heavy atom. The maximum absolute atomic E-state index is 3.88. The first-order valence-electron chi connectivity index (χ1n) is 6.38.